The molecule has 7 nitrogen and oxygen atoms in total. The highest BCUT2D eigenvalue weighted by atomic mass is 19.4. The first-order valence-corrected chi connectivity index (χ1v) is 10.9. The number of aromatic nitrogens is 1. The summed E-state index contributed by atoms with van der Waals surface area (Å²) in [7, 11) is 1.84. The van der Waals surface area contributed by atoms with Gasteiger partial charge in [0.2, 0.25) is 5.91 Å². The minimum Gasteiger partial charge on any atom is -0.444 e. The summed E-state index contributed by atoms with van der Waals surface area (Å²) < 4.78 is 44.3. The summed E-state index contributed by atoms with van der Waals surface area (Å²) in [6, 6.07) is 0.838. The van der Waals surface area contributed by atoms with Crippen molar-refractivity contribution in [2.45, 2.75) is 77.2 Å². The van der Waals surface area contributed by atoms with E-state index in [9.17, 15) is 22.8 Å². The Labute approximate surface area is 187 Å². The van der Waals surface area contributed by atoms with Crippen LogP contribution in [-0.2, 0) is 28.7 Å². The summed E-state index contributed by atoms with van der Waals surface area (Å²) >= 11 is 0. The quantitative estimate of drug-likeness (QED) is 0.581. The SMILES string of the molecule is CNCCCC(CCC(=O)N1CCc2ncc(C(F)(F)F)cc2C1)NC(=O)OC(C)(C)C. The Morgan fingerprint density at radius 3 is 2.59 bits per heavy atom. The molecule has 1 aliphatic rings. The lowest BCUT2D eigenvalue weighted by Gasteiger charge is -2.29. The van der Waals surface area contributed by atoms with Gasteiger partial charge in [-0.05, 0) is 65.3 Å². The van der Waals surface area contributed by atoms with Crippen molar-refractivity contribution in [1.82, 2.24) is 20.5 Å². The van der Waals surface area contributed by atoms with Crippen molar-refractivity contribution in [2.24, 2.45) is 0 Å². The first-order valence-electron chi connectivity index (χ1n) is 10.9. The van der Waals surface area contributed by atoms with E-state index < -0.39 is 23.4 Å². The second kappa shape index (κ2) is 11.0. The Kier molecular flexibility index (Phi) is 8.89. The highest BCUT2D eigenvalue weighted by molar-refractivity contribution is 5.76. The lowest BCUT2D eigenvalue weighted by molar-refractivity contribution is -0.137. The normalized spacial score (nSPS) is 15.2. The van der Waals surface area contributed by atoms with Crippen LogP contribution in [-0.4, -0.2) is 53.7 Å². The molecule has 0 fully saturated rings. The zero-order chi connectivity index (χ0) is 23.9. The third-order valence-electron chi connectivity index (χ3n) is 5.13. The predicted octanol–water partition coefficient (Wildman–Crippen LogP) is 3.66. The van der Waals surface area contributed by atoms with Gasteiger partial charge in [0.1, 0.15) is 5.60 Å². The topological polar surface area (TPSA) is 83.6 Å². The zero-order valence-corrected chi connectivity index (χ0v) is 19.1. The van der Waals surface area contributed by atoms with E-state index in [0.29, 0.717) is 37.1 Å². The van der Waals surface area contributed by atoms with Crippen LogP contribution in [0.1, 0.15) is 63.3 Å². The van der Waals surface area contributed by atoms with Crippen molar-refractivity contribution in [2.75, 3.05) is 20.1 Å². The van der Waals surface area contributed by atoms with Gasteiger partial charge in [-0.15, -0.1) is 0 Å². The number of ether oxygens (including phenoxy) is 1. The Morgan fingerprint density at radius 1 is 1.25 bits per heavy atom. The minimum atomic E-state index is -4.47. The molecular formula is C22H33F3N4O3. The maximum atomic E-state index is 13.0. The molecule has 180 valence electrons. The molecule has 0 aromatic carbocycles. The number of pyridine rings is 1. The van der Waals surface area contributed by atoms with E-state index in [2.05, 4.69) is 15.6 Å². The number of carbonyl (C=O) groups excluding carboxylic acids is 2. The fourth-order valence-corrected chi connectivity index (χ4v) is 3.54. The highest BCUT2D eigenvalue weighted by Gasteiger charge is 2.33. The molecule has 0 radical (unpaired) electrons. The highest BCUT2D eigenvalue weighted by Crippen LogP contribution is 2.31. The molecular weight excluding hydrogens is 425 g/mol. The van der Waals surface area contributed by atoms with Crippen LogP contribution in [0.25, 0.3) is 0 Å². The fraction of sp³-hybridized carbons (Fsp3) is 0.682. The van der Waals surface area contributed by atoms with Crippen molar-refractivity contribution in [1.29, 1.82) is 0 Å². The molecule has 0 saturated carbocycles. The van der Waals surface area contributed by atoms with E-state index in [1.54, 1.807) is 25.7 Å². The smallest absolute Gasteiger partial charge is 0.417 e. The number of hydrogen-bond acceptors (Lipinski definition) is 5. The summed E-state index contributed by atoms with van der Waals surface area (Å²) in [6.45, 7) is 6.62. The van der Waals surface area contributed by atoms with Crippen molar-refractivity contribution < 1.29 is 27.5 Å². The zero-order valence-electron chi connectivity index (χ0n) is 19.1. The molecule has 0 saturated heterocycles. The lowest BCUT2D eigenvalue weighted by Crippen LogP contribution is -2.41. The van der Waals surface area contributed by atoms with Crippen LogP contribution in [0.4, 0.5) is 18.0 Å². The molecule has 0 spiro atoms. The van der Waals surface area contributed by atoms with Crippen molar-refractivity contribution >= 4 is 12.0 Å². The molecule has 2 amide bonds. The average molecular weight is 459 g/mol. The van der Waals surface area contributed by atoms with E-state index in [1.807, 2.05) is 7.05 Å². The van der Waals surface area contributed by atoms with E-state index >= 15 is 0 Å². The van der Waals surface area contributed by atoms with Crippen LogP contribution in [0.3, 0.4) is 0 Å². The van der Waals surface area contributed by atoms with E-state index in [4.69, 9.17) is 4.74 Å². The predicted molar refractivity (Wildman–Crippen MR) is 114 cm³/mol. The molecule has 2 N–H and O–H groups in total. The number of fused-ring (bicyclic) bond motifs is 1. The maximum Gasteiger partial charge on any atom is 0.417 e. The molecule has 1 atom stereocenters. The van der Waals surface area contributed by atoms with Gasteiger partial charge in [-0.1, -0.05) is 0 Å². The van der Waals surface area contributed by atoms with E-state index in [1.165, 1.54) is 0 Å². The Morgan fingerprint density at radius 2 is 1.97 bits per heavy atom. The van der Waals surface area contributed by atoms with Gasteiger partial charge in [-0.3, -0.25) is 9.78 Å². The fourth-order valence-electron chi connectivity index (χ4n) is 3.54. The second-order valence-corrected chi connectivity index (χ2v) is 9.02. The van der Waals surface area contributed by atoms with Gasteiger partial charge in [0.05, 0.1) is 5.56 Å². The summed E-state index contributed by atoms with van der Waals surface area (Å²) in [5.41, 5.74) is -0.410. The maximum absolute atomic E-state index is 13.0. The minimum absolute atomic E-state index is 0.106. The first-order chi connectivity index (χ1) is 14.9. The third-order valence-corrected chi connectivity index (χ3v) is 5.13. The van der Waals surface area contributed by atoms with E-state index in [-0.39, 0.29) is 24.9 Å². The summed E-state index contributed by atoms with van der Waals surface area (Å²) in [5, 5.41) is 5.89. The van der Waals surface area contributed by atoms with Gasteiger partial charge in [0.25, 0.3) is 0 Å². The van der Waals surface area contributed by atoms with Gasteiger partial charge < -0.3 is 20.3 Å². The van der Waals surface area contributed by atoms with Crippen molar-refractivity contribution in [3.63, 3.8) is 0 Å². The first kappa shape index (κ1) is 25.9. The number of carbonyl (C=O) groups is 2. The van der Waals surface area contributed by atoms with Gasteiger partial charge in [-0.25, -0.2) is 4.79 Å². The number of nitrogens with zero attached hydrogens (tertiary/aromatic N) is 2. The molecule has 2 heterocycles. The summed E-state index contributed by atoms with van der Waals surface area (Å²) in [4.78, 5) is 30.4. The van der Waals surface area contributed by atoms with Crippen LogP contribution >= 0.6 is 0 Å². The molecule has 1 aromatic rings. The molecule has 0 aliphatic carbocycles. The van der Waals surface area contributed by atoms with Gasteiger partial charge >= 0.3 is 12.3 Å². The molecule has 1 unspecified atom stereocenters. The largest absolute Gasteiger partial charge is 0.444 e. The number of nitrogens with one attached hydrogen (secondary N) is 2. The molecule has 1 aliphatic heterocycles. The van der Waals surface area contributed by atoms with Crippen LogP contribution in [0.5, 0.6) is 0 Å². The van der Waals surface area contributed by atoms with Gasteiger partial charge in [0, 0.05) is 43.9 Å². The lowest BCUT2D eigenvalue weighted by atomic mass is 10.0. The number of halogens is 3. The second-order valence-electron chi connectivity index (χ2n) is 9.02. The standard InChI is InChI=1S/C22H33F3N4O3/c1-21(2,3)32-20(31)28-17(6-5-10-26-4)7-8-19(30)29-11-9-18-15(14-29)12-16(13-27-18)22(23,24)25/h12-13,17,26H,5-11,14H2,1-4H3,(H,28,31). The van der Waals surface area contributed by atoms with Crippen LogP contribution < -0.4 is 10.6 Å². The van der Waals surface area contributed by atoms with Crippen molar-refractivity contribution in [3.8, 4) is 0 Å². The molecule has 1 aromatic heterocycles. The van der Waals surface area contributed by atoms with Crippen LogP contribution in [0, 0.1) is 0 Å². The Balaban J connectivity index is 1.96. The Bertz CT molecular complexity index is 794. The third kappa shape index (κ3) is 8.29. The number of alkyl halides is 3. The Hall–Kier alpha value is -2.36. The molecule has 2 rings (SSSR count). The van der Waals surface area contributed by atoms with Crippen LogP contribution in [0.2, 0.25) is 0 Å². The van der Waals surface area contributed by atoms with Crippen LogP contribution in [0.15, 0.2) is 12.3 Å². The summed E-state index contributed by atoms with van der Waals surface area (Å²) in [6.07, 6.45) is -1.65. The molecule has 10 heteroatoms. The monoisotopic (exact) mass is 458 g/mol. The van der Waals surface area contributed by atoms with E-state index in [0.717, 1.165) is 25.2 Å². The number of alkyl carbamates (subject to hydrolysis) is 1. The van der Waals surface area contributed by atoms with Gasteiger partial charge in [-0.2, -0.15) is 13.2 Å². The van der Waals surface area contributed by atoms with Crippen molar-refractivity contribution in [3.05, 3.63) is 29.1 Å². The van der Waals surface area contributed by atoms with Gasteiger partial charge in [0.15, 0.2) is 0 Å². The molecule has 0 bridgehead atoms. The number of hydrogen-bond donors (Lipinski definition) is 2. The average Bonchev–Trinajstić information content (AvgIpc) is 2.68. The number of amides is 2. The summed E-state index contributed by atoms with van der Waals surface area (Å²) in [5.74, 6) is -0.155. The molecule has 32 heavy (non-hydrogen) atoms. The number of rotatable bonds is 8.